The molecule has 0 bridgehead atoms. The molecule has 0 aliphatic heterocycles. The number of nitrogens with one attached hydrogen (secondary N) is 1. The number of rotatable bonds is 3. The maximum atomic E-state index is 13.3. The van der Waals surface area contributed by atoms with Gasteiger partial charge in [0.15, 0.2) is 0 Å². The Bertz CT molecular complexity index is 389. The van der Waals surface area contributed by atoms with Crippen LogP contribution in [0.15, 0.2) is 23.2 Å². The lowest BCUT2D eigenvalue weighted by Crippen LogP contribution is -2.33. The van der Waals surface area contributed by atoms with Crippen LogP contribution in [0.2, 0.25) is 0 Å². The highest BCUT2D eigenvalue weighted by Crippen LogP contribution is 2.10. The number of hydrogen-bond acceptors (Lipinski definition) is 2. The van der Waals surface area contributed by atoms with Gasteiger partial charge in [0.2, 0.25) is 0 Å². The molecule has 0 saturated heterocycles. The number of aliphatic imine (C=N–C) groups is 1. The molecule has 16 heavy (non-hydrogen) atoms. The standard InChI is InChI=1S/C11H15F2N3/c1-7(2)15-11(16-14)5-8-3-4-9(12)6-10(8)13/h3-4,6-7H,5,14H2,1-2H3,(H,15,16). The molecule has 0 atom stereocenters. The van der Waals surface area contributed by atoms with Crippen LogP contribution >= 0.6 is 0 Å². The minimum atomic E-state index is -0.593. The van der Waals surface area contributed by atoms with E-state index in [0.717, 1.165) is 6.07 Å². The third-order valence-corrected chi connectivity index (χ3v) is 1.95. The summed E-state index contributed by atoms with van der Waals surface area (Å²) < 4.78 is 26.0. The molecule has 1 aromatic rings. The molecule has 0 heterocycles. The number of nitrogens with two attached hydrogens (primary N) is 1. The fourth-order valence-electron chi connectivity index (χ4n) is 1.29. The minimum absolute atomic E-state index is 0.0644. The zero-order valence-corrected chi connectivity index (χ0v) is 9.30. The zero-order valence-electron chi connectivity index (χ0n) is 9.30. The predicted molar refractivity (Wildman–Crippen MR) is 60.0 cm³/mol. The fraction of sp³-hybridized carbons (Fsp3) is 0.364. The van der Waals surface area contributed by atoms with Crippen molar-refractivity contribution in [3.05, 3.63) is 35.4 Å². The number of hydrogen-bond donors (Lipinski definition) is 2. The maximum absolute atomic E-state index is 13.3. The maximum Gasteiger partial charge on any atom is 0.129 e. The van der Waals surface area contributed by atoms with Crippen LogP contribution in [0.4, 0.5) is 8.78 Å². The van der Waals surface area contributed by atoms with Gasteiger partial charge in [0.1, 0.15) is 17.5 Å². The van der Waals surface area contributed by atoms with Gasteiger partial charge < -0.3 is 5.43 Å². The topological polar surface area (TPSA) is 50.4 Å². The van der Waals surface area contributed by atoms with Crippen molar-refractivity contribution in [2.75, 3.05) is 0 Å². The summed E-state index contributed by atoms with van der Waals surface area (Å²) in [7, 11) is 0. The first-order valence-electron chi connectivity index (χ1n) is 5.00. The average Bonchev–Trinajstić information content (AvgIpc) is 2.20. The molecule has 0 aromatic heterocycles. The molecular weight excluding hydrogens is 212 g/mol. The largest absolute Gasteiger partial charge is 0.312 e. The summed E-state index contributed by atoms with van der Waals surface area (Å²) in [5.74, 6) is 4.56. The zero-order chi connectivity index (χ0) is 12.1. The lowest BCUT2D eigenvalue weighted by molar-refractivity contribution is 0.575. The van der Waals surface area contributed by atoms with Crippen LogP contribution in [-0.4, -0.2) is 11.9 Å². The molecule has 0 aliphatic carbocycles. The molecule has 5 heteroatoms. The lowest BCUT2D eigenvalue weighted by atomic mass is 10.1. The monoisotopic (exact) mass is 227 g/mol. The number of nitrogens with zero attached hydrogens (tertiary/aromatic N) is 1. The number of amidine groups is 1. The molecule has 0 fully saturated rings. The summed E-state index contributed by atoms with van der Waals surface area (Å²) in [5, 5.41) is 0. The first kappa shape index (κ1) is 12.6. The molecule has 3 N–H and O–H groups in total. The second-order valence-electron chi connectivity index (χ2n) is 3.73. The first-order chi connectivity index (χ1) is 7.52. The molecule has 1 rings (SSSR count). The van der Waals surface area contributed by atoms with Crippen molar-refractivity contribution in [1.29, 1.82) is 0 Å². The molecule has 3 nitrogen and oxygen atoms in total. The highest BCUT2D eigenvalue weighted by Gasteiger charge is 2.07. The number of halogens is 2. The van der Waals surface area contributed by atoms with Gasteiger partial charge in [-0.3, -0.25) is 4.99 Å². The third kappa shape index (κ3) is 3.58. The van der Waals surface area contributed by atoms with Gasteiger partial charge >= 0.3 is 0 Å². The molecule has 0 amide bonds. The molecule has 0 unspecified atom stereocenters. The Morgan fingerprint density at radius 3 is 2.62 bits per heavy atom. The highest BCUT2D eigenvalue weighted by atomic mass is 19.1. The van der Waals surface area contributed by atoms with Gasteiger partial charge in [-0.15, -0.1) is 0 Å². The Morgan fingerprint density at radius 2 is 2.12 bits per heavy atom. The van der Waals surface area contributed by atoms with Crippen molar-refractivity contribution in [2.24, 2.45) is 10.8 Å². The van der Waals surface area contributed by atoms with E-state index < -0.39 is 11.6 Å². The van der Waals surface area contributed by atoms with Crippen molar-refractivity contribution in [3.8, 4) is 0 Å². The SMILES string of the molecule is CC(C)N=C(Cc1ccc(F)cc1F)NN. The fourth-order valence-corrected chi connectivity index (χ4v) is 1.29. The summed E-state index contributed by atoms with van der Waals surface area (Å²) >= 11 is 0. The van der Waals surface area contributed by atoms with Crippen molar-refractivity contribution in [3.63, 3.8) is 0 Å². The van der Waals surface area contributed by atoms with Crippen LogP contribution in [-0.2, 0) is 6.42 Å². The van der Waals surface area contributed by atoms with Crippen LogP contribution in [0.1, 0.15) is 19.4 Å². The van der Waals surface area contributed by atoms with Gasteiger partial charge in [-0.2, -0.15) is 0 Å². The van der Waals surface area contributed by atoms with E-state index in [1.807, 2.05) is 13.8 Å². The smallest absolute Gasteiger partial charge is 0.129 e. The van der Waals surface area contributed by atoms with Crippen LogP contribution in [0.5, 0.6) is 0 Å². The Labute approximate surface area is 93.3 Å². The molecule has 0 radical (unpaired) electrons. The van der Waals surface area contributed by atoms with E-state index in [9.17, 15) is 8.78 Å². The summed E-state index contributed by atoms with van der Waals surface area (Å²) in [6.07, 6.45) is 0.223. The van der Waals surface area contributed by atoms with Crippen LogP contribution in [0.3, 0.4) is 0 Å². The third-order valence-electron chi connectivity index (χ3n) is 1.95. The van der Waals surface area contributed by atoms with Crippen LogP contribution < -0.4 is 11.3 Å². The Kier molecular flexibility index (Phi) is 4.37. The Hall–Kier alpha value is -1.49. The molecule has 88 valence electrons. The predicted octanol–water partition coefficient (Wildman–Crippen LogP) is 1.78. The van der Waals surface area contributed by atoms with E-state index in [4.69, 9.17) is 5.84 Å². The van der Waals surface area contributed by atoms with E-state index >= 15 is 0 Å². The number of hydrazine groups is 1. The summed E-state index contributed by atoms with van der Waals surface area (Å²) in [5.41, 5.74) is 2.77. The van der Waals surface area contributed by atoms with Crippen LogP contribution in [0.25, 0.3) is 0 Å². The second kappa shape index (κ2) is 5.55. The van der Waals surface area contributed by atoms with Crippen molar-refractivity contribution >= 4 is 5.84 Å². The van der Waals surface area contributed by atoms with E-state index in [-0.39, 0.29) is 12.5 Å². The highest BCUT2D eigenvalue weighted by molar-refractivity contribution is 5.84. The van der Waals surface area contributed by atoms with Gasteiger partial charge in [0, 0.05) is 18.5 Å². The summed E-state index contributed by atoms with van der Waals surface area (Å²) in [6.45, 7) is 3.77. The van der Waals surface area contributed by atoms with Crippen molar-refractivity contribution < 1.29 is 8.78 Å². The summed E-state index contributed by atoms with van der Waals surface area (Å²) in [4.78, 5) is 4.17. The Balaban J connectivity index is 2.86. The molecule has 0 aliphatic rings. The van der Waals surface area contributed by atoms with Gasteiger partial charge in [-0.05, 0) is 25.5 Å². The Morgan fingerprint density at radius 1 is 1.44 bits per heavy atom. The van der Waals surface area contributed by atoms with Crippen molar-refractivity contribution in [2.45, 2.75) is 26.3 Å². The van der Waals surface area contributed by atoms with E-state index in [0.29, 0.717) is 11.4 Å². The molecule has 1 aromatic carbocycles. The average molecular weight is 227 g/mol. The van der Waals surface area contributed by atoms with Gasteiger partial charge in [-0.25, -0.2) is 14.6 Å². The van der Waals surface area contributed by atoms with Crippen LogP contribution in [0, 0.1) is 11.6 Å². The normalized spacial score (nSPS) is 12.0. The second-order valence-corrected chi connectivity index (χ2v) is 3.73. The van der Waals surface area contributed by atoms with Gasteiger partial charge in [-0.1, -0.05) is 6.07 Å². The molecule has 0 saturated carbocycles. The summed E-state index contributed by atoms with van der Waals surface area (Å²) in [6, 6.07) is 3.51. The van der Waals surface area contributed by atoms with E-state index in [1.54, 1.807) is 0 Å². The lowest BCUT2D eigenvalue weighted by Gasteiger charge is -2.08. The van der Waals surface area contributed by atoms with Gasteiger partial charge in [0.25, 0.3) is 0 Å². The van der Waals surface area contributed by atoms with E-state index in [1.165, 1.54) is 12.1 Å². The van der Waals surface area contributed by atoms with E-state index in [2.05, 4.69) is 10.4 Å². The first-order valence-corrected chi connectivity index (χ1v) is 5.00. The number of benzene rings is 1. The molecule has 0 spiro atoms. The minimum Gasteiger partial charge on any atom is -0.312 e. The van der Waals surface area contributed by atoms with Crippen molar-refractivity contribution in [1.82, 2.24) is 5.43 Å². The quantitative estimate of drug-likeness (QED) is 0.358. The van der Waals surface area contributed by atoms with Gasteiger partial charge in [0.05, 0.1) is 0 Å². The molecular formula is C11H15F2N3.